The minimum atomic E-state index is 0.0952. The number of hydrogen-bond acceptors (Lipinski definition) is 2. The highest BCUT2D eigenvalue weighted by Gasteiger charge is 2.38. The van der Waals surface area contributed by atoms with Gasteiger partial charge >= 0.3 is 0 Å². The molecule has 0 spiro atoms. The number of nitrogens with one attached hydrogen (secondary N) is 2. The molecule has 0 unspecified atom stereocenters. The molecule has 0 fully saturated rings. The Morgan fingerprint density at radius 2 is 1.18 bits per heavy atom. The third kappa shape index (κ3) is 4.09. The normalized spacial score (nSPS) is 18.6. The van der Waals surface area contributed by atoms with Gasteiger partial charge in [-0.3, -0.25) is 0 Å². The van der Waals surface area contributed by atoms with E-state index in [1.54, 1.807) is 0 Å². The third-order valence-electron chi connectivity index (χ3n) is 8.00. The smallest absolute Gasteiger partial charge is 0.0622 e. The van der Waals surface area contributed by atoms with Gasteiger partial charge in [-0.25, -0.2) is 0 Å². The minimum Gasteiger partial charge on any atom is -0.380 e. The van der Waals surface area contributed by atoms with Gasteiger partial charge in [0.05, 0.1) is 6.04 Å². The average molecular weight is 491 g/mol. The van der Waals surface area contributed by atoms with Crippen LogP contribution in [0, 0.1) is 0 Å². The largest absolute Gasteiger partial charge is 0.380 e. The topological polar surface area (TPSA) is 24.1 Å². The Balaban J connectivity index is 1.43. The molecule has 6 aromatic rings. The highest BCUT2D eigenvalue weighted by atomic mass is 15.0. The summed E-state index contributed by atoms with van der Waals surface area (Å²) < 4.78 is 0. The summed E-state index contributed by atoms with van der Waals surface area (Å²) >= 11 is 0. The molecular formula is C36H30N2. The molecule has 0 saturated heterocycles. The molecule has 0 radical (unpaired) electrons. The Kier molecular flexibility index (Phi) is 5.79. The van der Waals surface area contributed by atoms with Crippen LogP contribution in [-0.4, -0.2) is 6.04 Å². The molecule has 6 aromatic carbocycles. The summed E-state index contributed by atoms with van der Waals surface area (Å²) in [6.45, 7) is 0. The van der Waals surface area contributed by atoms with E-state index in [0.29, 0.717) is 0 Å². The van der Waals surface area contributed by atoms with E-state index < -0.39 is 0 Å². The molecule has 1 aliphatic heterocycles. The molecule has 0 amide bonds. The van der Waals surface area contributed by atoms with Crippen LogP contribution >= 0.6 is 0 Å². The quantitative estimate of drug-likeness (QED) is 0.252. The number of fused-ring (bicyclic) bond motifs is 4. The van der Waals surface area contributed by atoms with Gasteiger partial charge in [0.25, 0.3) is 0 Å². The lowest BCUT2D eigenvalue weighted by molar-refractivity contribution is 0.481. The highest BCUT2D eigenvalue weighted by molar-refractivity contribution is 5.98. The Bertz CT molecular complexity index is 1700. The lowest BCUT2D eigenvalue weighted by Gasteiger charge is -2.42. The van der Waals surface area contributed by atoms with Gasteiger partial charge < -0.3 is 10.6 Å². The third-order valence-corrected chi connectivity index (χ3v) is 8.00. The zero-order chi connectivity index (χ0) is 25.3. The SMILES string of the molecule is c1ccc(C[C@@H]2Nc3c(ccc4ccccc34)[C@H](Nc3cccc4ccccc34)[C@H]2c2ccccc2)cc1. The zero-order valence-electron chi connectivity index (χ0n) is 21.2. The lowest BCUT2D eigenvalue weighted by atomic mass is 9.75. The molecule has 0 saturated carbocycles. The molecule has 2 heteroatoms. The molecule has 38 heavy (non-hydrogen) atoms. The van der Waals surface area contributed by atoms with Crippen molar-refractivity contribution in [3.8, 4) is 0 Å². The Morgan fingerprint density at radius 3 is 1.97 bits per heavy atom. The van der Waals surface area contributed by atoms with Crippen LogP contribution in [0.3, 0.4) is 0 Å². The summed E-state index contributed by atoms with van der Waals surface area (Å²) in [6, 6.07) is 50.7. The van der Waals surface area contributed by atoms with Gasteiger partial charge in [0.2, 0.25) is 0 Å². The van der Waals surface area contributed by atoms with Crippen molar-refractivity contribution < 1.29 is 0 Å². The predicted octanol–water partition coefficient (Wildman–Crippen LogP) is 8.97. The fourth-order valence-corrected chi connectivity index (χ4v) is 6.24. The average Bonchev–Trinajstić information content (AvgIpc) is 2.98. The molecule has 0 aliphatic carbocycles. The van der Waals surface area contributed by atoms with Crippen LogP contribution in [0.15, 0.2) is 140 Å². The van der Waals surface area contributed by atoms with Crippen molar-refractivity contribution in [3.63, 3.8) is 0 Å². The van der Waals surface area contributed by atoms with E-state index in [0.717, 1.165) is 6.42 Å². The van der Waals surface area contributed by atoms with E-state index in [1.807, 2.05) is 0 Å². The van der Waals surface area contributed by atoms with Crippen LogP contribution < -0.4 is 10.6 Å². The lowest BCUT2D eigenvalue weighted by Crippen LogP contribution is -2.40. The van der Waals surface area contributed by atoms with Gasteiger partial charge in [-0.1, -0.05) is 133 Å². The van der Waals surface area contributed by atoms with Crippen LogP contribution in [0.4, 0.5) is 11.4 Å². The molecule has 0 aromatic heterocycles. The van der Waals surface area contributed by atoms with Gasteiger partial charge in [0, 0.05) is 34.1 Å². The molecule has 0 bridgehead atoms. The molecule has 3 atom stereocenters. The summed E-state index contributed by atoms with van der Waals surface area (Å²) in [7, 11) is 0. The van der Waals surface area contributed by atoms with E-state index in [1.165, 1.54) is 49.6 Å². The fraction of sp³-hybridized carbons (Fsp3) is 0.111. The van der Waals surface area contributed by atoms with Gasteiger partial charge in [-0.05, 0) is 39.9 Å². The Hall–Kier alpha value is -4.56. The van der Waals surface area contributed by atoms with Crippen LogP contribution in [0.2, 0.25) is 0 Å². The monoisotopic (exact) mass is 490 g/mol. The van der Waals surface area contributed by atoms with Crippen molar-refractivity contribution >= 4 is 32.9 Å². The first-order valence-electron chi connectivity index (χ1n) is 13.5. The molecule has 2 nitrogen and oxygen atoms in total. The van der Waals surface area contributed by atoms with Crippen LogP contribution in [0.5, 0.6) is 0 Å². The molecule has 1 heterocycles. The molecule has 7 rings (SSSR count). The van der Waals surface area contributed by atoms with Crippen molar-refractivity contribution in [2.24, 2.45) is 0 Å². The molecule has 1 aliphatic rings. The maximum Gasteiger partial charge on any atom is 0.0622 e. The summed E-state index contributed by atoms with van der Waals surface area (Å²) in [5.41, 5.74) is 6.42. The molecule has 184 valence electrons. The van der Waals surface area contributed by atoms with E-state index in [9.17, 15) is 0 Å². The number of benzene rings is 6. The Labute approximate surface area is 224 Å². The zero-order valence-corrected chi connectivity index (χ0v) is 21.2. The van der Waals surface area contributed by atoms with Crippen molar-refractivity contribution in [1.29, 1.82) is 0 Å². The summed E-state index contributed by atoms with van der Waals surface area (Å²) in [4.78, 5) is 0. The molecule has 2 N–H and O–H groups in total. The van der Waals surface area contributed by atoms with E-state index >= 15 is 0 Å². The number of hydrogen-bond donors (Lipinski definition) is 2. The van der Waals surface area contributed by atoms with Crippen molar-refractivity contribution in [2.75, 3.05) is 10.6 Å². The molecular weight excluding hydrogens is 460 g/mol. The minimum absolute atomic E-state index is 0.0952. The Morgan fingerprint density at radius 1 is 0.553 bits per heavy atom. The first-order valence-corrected chi connectivity index (χ1v) is 13.5. The second-order valence-corrected chi connectivity index (χ2v) is 10.3. The van der Waals surface area contributed by atoms with Gasteiger partial charge in [0.15, 0.2) is 0 Å². The van der Waals surface area contributed by atoms with Crippen molar-refractivity contribution in [1.82, 2.24) is 0 Å². The van der Waals surface area contributed by atoms with Gasteiger partial charge in [-0.15, -0.1) is 0 Å². The summed E-state index contributed by atoms with van der Waals surface area (Å²) in [5, 5.41) is 13.2. The van der Waals surface area contributed by atoms with E-state index in [-0.39, 0.29) is 18.0 Å². The summed E-state index contributed by atoms with van der Waals surface area (Å²) in [5.74, 6) is 0.226. The van der Waals surface area contributed by atoms with Crippen LogP contribution in [0.1, 0.15) is 28.7 Å². The van der Waals surface area contributed by atoms with Crippen molar-refractivity contribution in [2.45, 2.75) is 24.4 Å². The van der Waals surface area contributed by atoms with Gasteiger partial charge in [-0.2, -0.15) is 0 Å². The number of rotatable bonds is 5. The van der Waals surface area contributed by atoms with E-state index in [4.69, 9.17) is 0 Å². The maximum absolute atomic E-state index is 4.07. The standard InChI is InChI=1S/C36H30N2/c1-3-12-25(13-4-1)24-33-34(28-16-5-2-6-17-28)36(37-32-21-11-18-26-14-7-9-19-29(26)32)31-23-22-27-15-8-10-20-30(27)35(31)38-33/h1-23,33-34,36-38H,24H2/t33-,34-,36-/m0/s1. The van der Waals surface area contributed by atoms with Crippen molar-refractivity contribution in [3.05, 3.63) is 156 Å². The number of anilines is 2. The first kappa shape index (κ1) is 22.6. The van der Waals surface area contributed by atoms with Gasteiger partial charge in [0.1, 0.15) is 0 Å². The first-order chi connectivity index (χ1) is 18.8. The maximum atomic E-state index is 4.07. The summed E-state index contributed by atoms with van der Waals surface area (Å²) in [6.07, 6.45) is 0.941. The van der Waals surface area contributed by atoms with E-state index in [2.05, 4.69) is 150 Å². The predicted molar refractivity (Wildman–Crippen MR) is 161 cm³/mol. The second kappa shape index (κ2) is 9.72. The second-order valence-electron chi connectivity index (χ2n) is 10.3. The van der Waals surface area contributed by atoms with Crippen LogP contribution in [-0.2, 0) is 6.42 Å². The van der Waals surface area contributed by atoms with Crippen LogP contribution in [0.25, 0.3) is 21.5 Å². The fourth-order valence-electron chi connectivity index (χ4n) is 6.24. The highest BCUT2D eigenvalue weighted by Crippen LogP contribution is 2.48.